The summed E-state index contributed by atoms with van der Waals surface area (Å²) in [7, 11) is 0. The van der Waals surface area contributed by atoms with Gasteiger partial charge in [-0.15, -0.1) is 0 Å². The number of nitrogens with one attached hydrogen (secondary N) is 1. The van der Waals surface area contributed by atoms with Gasteiger partial charge >= 0.3 is 12.1 Å². The summed E-state index contributed by atoms with van der Waals surface area (Å²) >= 11 is 0. The summed E-state index contributed by atoms with van der Waals surface area (Å²) < 4.78 is 31.7. The van der Waals surface area contributed by atoms with Crippen molar-refractivity contribution in [3.05, 3.63) is 0 Å². The Morgan fingerprint density at radius 1 is 1.54 bits per heavy atom. The Bertz CT molecular complexity index is 166. The molecule has 1 heterocycles. The molecule has 0 unspecified atom stereocenters. The van der Waals surface area contributed by atoms with E-state index in [1.54, 1.807) is 0 Å². The van der Waals surface area contributed by atoms with Gasteiger partial charge in [0.2, 0.25) is 0 Å². The molecule has 0 radical (unpaired) electrons. The molecular formula is C6H11F3N2O2. The molecule has 0 aromatic carbocycles. The predicted molar refractivity (Wildman–Crippen MR) is 39.2 cm³/mol. The molecule has 1 rings (SSSR count). The Hall–Kier alpha value is -0.820. The highest BCUT2D eigenvalue weighted by molar-refractivity contribution is 5.73. The number of hydrogen-bond acceptors (Lipinski definition) is 3. The highest BCUT2D eigenvalue weighted by atomic mass is 19.4. The Balaban J connectivity index is 0.000000223. The van der Waals surface area contributed by atoms with E-state index in [2.05, 4.69) is 5.32 Å². The van der Waals surface area contributed by atoms with Crippen molar-refractivity contribution < 1.29 is 23.1 Å². The zero-order chi connectivity index (χ0) is 10.5. The Labute approximate surface area is 72.9 Å². The molecule has 0 saturated carbocycles. The van der Waals surface area contributed by atoms with Crippen molar-refractivity contribution in [1.29, 1.82) is 0 Å². The van der Waals surface area contributed by atoms with Crippen LogP contribution in [-0.2, 0) is 4.79 Å². The third kappa shape index (κ3) is 6.35. The zero-order valence-electron chi connectivity index (χ0n) is 6.77. The summed E-state index contributed by atoms with van der Waals surface area (Å²) in [5.74, 6) is -2.76. The Morgan fingerprint density at radius 2 is 2.00 bits per heavy atom. The first-order valence-corrected chi connectivity index (χ1v) is 3.60. The van der Waals surface area contributed by atoms with Crippen LogP contribution in [0.2, 0.25) is 0 Å². The second-order valence-electron chi connectivity index (χ2n) is 2.56. The van der Waals surface area contributed by atoms with Crippen molar-refractivity contribution in [2.45, 2.75) is 18.6 Å². The van der Waals surface area contributed by atoms with E-state index in [4.69, 9.17) is 15.6 Å². The maximum absolute atomic E-state index is 10.6. The van der Waals surface area contributed by atoms with Crippen LogP contribution in [0.1, 0.15) is 6.42 Å². The molecule has 78 valence electrons. The molecule has 0 spiro atoms. The molecule has 1 fully saturated rings. The Morgan fingerprint density at radius 3 is 2.08 bits per heavy atom. The minimum absolute atomic E-state index is 0.435. The van der Waals surface area contributed by atoms with Gasteiger partial charge < -0.3 is 16.2 Å². The van der Waals surface area contributed by atoms with Gasteiger partial charge in [0.25, 0.3) is 0 Å². The minimum Gasteiger partial charge on any atom is -0.475 e. The molecule has 4 nitrogen and oxygen atoms in total. The largest absolute Gasteiger partial charge is 0.490 e. The number of hydrogen-bond donors (Lipinski definition) is 3. The number of rotatable bonds is 0. The lowest BCUT2D eigenvalue weighted by atomic mass is 10.3. The van der Waals surface area contributed by atoms with Gasteiger partial charge in [-0.2, -0.15) is 13.2 Å². The normalized spacial score (nSPS) is 22.0. The molecule has 0 bridgehead atoms. The highest BCUT2D eigenvalue weighted by Crippen LogP contribution is 2.13. The molecule has 1 atom stereocenters. The van der Waals surface area contributed by atoms with Crippen LogP contribution in [0.15, 0.2) is 0 Å². The maximum Gasteiger partial charge on any atom is 0.490 e. The summed E-state index contributed by atoms with van der Waals surface area (Å²) in [5.41, 5.74) is 5.47. The second kappa shape index (κ2) is 5.03. The van der Waals surface area contributed by atoms with Gasteiger partial charge in [0.05, 0.1) is 0 Å². The smallest absolute Gasteiger partial charge is 0.475 e. The molecule has 0 aliphatic carbocycles. The van der Waals surface area contributed by atoms with E-state index in [9.17, 15) is 13.2 Å². The van der Waals surface area contributed by atoms with E-state index in [0.29, 0.717) is 6.04 Å². The average Bonchev–Trinajstić information content (AvgIpc) is 2.38. The molecule has 0 amide bonds. The first kappa shape index (κ1) is 12.2. The lowest BCUT2D eigenvalue weighted by Gasteiger charge is -1.93. The first-order valence-electron chi connectivity index (χ1n) is 3.60. The van der Waals surface area contributed by atoms with Gasteiger partial charge in [0, 0.05) is 12.6 Å². The van der Waals surface area contributed by atoms with Crippen LogP contribution in [0.3, 0.4) is 0 Å². The van der Waals surface area contributed by atoms with Crippen LogP contribution in [0, 0.1) is 0 Å². The molecule has 4 N–H and O–H groups in total. The average molecular weight is 200 g/mol. The number of halogens is 3. The van der Waals surface area contributed by atoms with E-state index in [1.165, 1.54) is 0 Å². The molecule has 1 aliphatic rings. The number of carboxylic acid groups (broad SMARTS) is 1. The predicted octanol–water partition coefficient (Wildman–Crippen LogP) is -0.0597. The lowest BCUT2D eigenvalue weighted by Crippen LogP contribution is -2.21. The van der Waals surface area contributed by atoms with Crippen molar-refractivity contribution >= 4 is 5.97 Å². The van der Waals surface area contributed by atoms with Gasteiger partial charge in [-0.25, -0.2) is 4.79 Å². The minimum atomic E-state index is -5.08. The van der Waals surface area contributed by atoms with Crippen LogP contribution in [-0.4, -0.2) is 36.4 Å². The third-order valence-electron chi connectivity index (χ3n) is 1.34. The molecule has 1 saturated heterocycles. The van der Waals surface area contributed by atoms with Crippen molar-refractivity contribution in [2.24, 2.45) is 5.73 Å². The summed E-state index contributed by atoms with van der Waals surface area (Å²) in [6.07, 6.45) is -3.93. The number of carbonyl (C=O) groups is 1. The van der Waals surface area contributed by atoms with Gasteiger partial charge in [0.15, 0.2) is 0 Å². The van der Waals surface area contributed by atoms with Crippen LogP contribution in [0.4, 0.5) is 13.2 Å². The fraction of sp³-hybridized carbons (Fsp3) is 0.833. The first-order chi connectivity index (χ1) is 5.84. The molecule has 0 aromatic rings. The zero-order valence-corrected chi connectivity index (χ0v) is 6.77. The fourth-order valence-corrected chi connectivity index (χ4v) is 0.677. The van der Waals surface area contributed by atoms with E-state index >= 15 is 0 Å². The fourth-order valence-electron chi connectivity index (χ4n) is 0.677. The van der Waals surface area contributed by atoms with Crippen LogP contribution >= 0.6 is 0 Å². The SMILES string of the molecule is N[C@H]1CCNC1.O=C(O)C(F)(F)F. The number of aliphatic carboxylic acids is 1. The summed E-state index contributed by atoms with van der Waals surface area (Å²) in [6, 6.07) is 0.435. The van der Waals surface area contributed by atoms with E-state index in [1.807, 2.05) is 0 Å². The lowest BCUT2D eigenvalue weighted by molar-refractivity contribution is -0.192. The summed E-state index contributed by atoms with van der Waals surface area (Å²) in [5, 5.41) is 10.3. The van der Waals surface area contributed by atoms with Crippen molar-refractivity contribution in [2.75, 3.05) is 13.1 Å². The van der Waals surface area contributed by atoms with E-state index < -0.39 is 12.1 Å². The summed E-state index contributed by atoms with van der Waals surface area (Å²) in [4.78, 5) is 8.90. The summed E-state index contributed by atoms with van der Waals surface area (Å²) in [6.45, 7) is 2.13. The number of carboxylic acids is 1. The van der Waals surface area contributed by atoms with Crippen molar-refractivity contribution in [1.82, 2.24) is 5.32 Å². The monoisotopic (exact) mass is 200 g/mol. The molecular weight excluding hydrogens is 189 g/mol. The second-order valence-corrected chi connectivity index (χ2v) is 2.56. The van der Waals surface area contributed by atoms with Crippen molar-refractivity contribution in [3.8, 4) is 0 Å². The molecule has 13 heavy (non-hydrogen) atoms. The van der Waals surface area contributed by atoms with Crippen LogP contribution < -0.4 is 11.1 Å². The molecule has 1 aliphatic heterocycles. The molecule has 7 heteroatoms. The van der Waals surface area contributed by atoms with Gasteiger partial charge in [-0.1, -0.05) is 0 Å². The maximum atomic E-state index is 10.6. The van der Waals surface area contributed by atoms with Gasteiger partial charge in [-0.3, -0.25) is 0 Å². The van der Waals surface area contributed by atoms with E-state index in [0.717, 1.165) is 19.5 Å². The Kier molecular flexibility index (Phi) is 4.71. The topological polar surface area (TPSA) is 75.3 Å². The third-order valence-corrected chi connectivity index (χ3v) is 1.34. The standard InChI is InChI=1S/C4H10N2.C2HF3O2/c5-4-1-2-6-3-4;3-2(4,5)1(6)7/h4,6H,1-3,5H2;(H,6,7)/t4-;/m0./s1. The number of alkyl halides is 3. The van der Waals surface area contributed by atoms with Crippen LogP contribution in [0.25, 0.3) is 0 Å². The van der Waals surface area contributed by atoms with E-state index in [-0.39, 0.29) is 0 Å². The van der Waals surface area contributed by atoms with Gasteiger partial charge in [-0.05, 0) is 13.0 Å². The molecule has 0 aromatic heterocycles. The van der Waals surface area contributed by atoms with Crippen molar-refractivity contribution in [3.63, 3.8) is 0 Å². The number of nitrogens with two attached hydrogens (primary N) is 1. The highest BCUT2D eigenvalue weighted by Gasteiger charge is 2.38. The van der Waals surface area contributed by atoms with Crippen LogP contribution in [0.5, 0.6) is 0 Å². The van der Waals surface area contributed by atoms with Gasteiger partial charge in [0.1, 0.15) is 0 Å². The quantitative estimate of drug-likeness (QED) is 0.512.